The van der Waals surface area contributed by atoms with Gasteiger partial charge in [-0.25, -0.2) is 9.97 Å². The number of methoxy groups -OCH3 is 2. The number of benzene rings is 2. The molecule has 0 aliphatic rings. The Morgan fingerprint density at radius 1 is 1.04 bits per heavy atom. The molecule has 0 unspecified atom stereocenters. The zero-order valence-corrected chi connectivity index (χ0v) is 16.4. The Morgan fingerprint density at radius 2 is 1.82 bits per heavy atom. The first-order chi connectivity index (χ1) is 13.5. The van der Waals surface area contributed by atoms with Crippen molar-refractivity contribution in [3.63, 3.8) is 0 Å². The fourth-order valence-corrected chi connectivity index (χ4v) is 2.77. The summed E-state index contributed by atoms with van der Waals surface area (Å²) in [6.07, 6.45) is 1.52. The first kappa shape index (κ1) is 19.4. The number of nitrogens with zero attached hydrogens (tertiary/aromatic N) is 2. The molecule has 0 radical (unpaired) electrons. The summed E-state index contributed by atoms with van der Waals surface area (Å²) in [4.78, 5) is 21.0. The lowest BCUT2D eigenvalue weighted by Gasteiger charge is -2.11. The van der Waals surface area contributed by atoms with Crippen molar-refractivity contribution in [2.45, 2.75) is 6.92 Å². The van der Waals surface area contributed by atoms with Crippen LogP contribution in [0.25, 0.3) is 0 Å². The van der Waals surface area contributed by atoms with Crippen molar-refractivity contribution in [1.29, 1.82) is 0 Å². The highest BCUT2D eigenvalue weighted by atomic mass is 35.5. The zero-order chi connectivity index (χ0) is 20.1. The SMILES string of the molecule is COc1ccc(NC(=O)c2ccnc(Nc3ccc(Cl)cc3C)n2)cc1OC. The molecule has 7 nitrogen and oxygen atoms in total. The highest BCUT2D eigenvalue weighted by Crippen LogP contribution is 2.30. The molecule has 28 heavy (non-hydrogen) atoms. The van der Waals surface area contributed by atoms with Crippen LogP contribution in [0.2, 0.25) is 5.02 Å². The van der Waals surface area contributed by atoms with Gasteiger partial charge in [0.15, 0.2) is 11.5 Å². The third-order valence-electron chi connectivity index (χ3n) is 3.96. The van der Waals surface area contributed by atoms with Gasteiger partial charge in [0.25, 0.3) is 5.91 Å². The van der Waals surface area contributed by atoms with Crippen molar-refractivity contribution in [1.82, 2.24) is 9.97 Å². The van der Waals surface area contributed by atoms with E-state index in [2.05, 4.69) is 20.6 Å². The second-order valence-corrected chi connectivity index (χ2v) is 6.31. The molecule has 1 heterocycles. The van der Waals surface area contributed by atoms with E-state index in [4.69, 9.17) is 21.1 Å². The molecular formula is C20H19ClN4O3. The maximum absolute atomic E-state index is 12.6. The number of nitrogens with one attached hydrogen (secondary N) is 2. The first-order valence-corrected chi connectivity index (χ1v) is 8.77. The Morgan fingerprint density at radius 3 is 2.54 bits per heavy atom. The van der Waals surface area contributed by atoms with E-state index in [1.807, 2.05) is 19.1 Å². The lowest BCUT2D eigenvalue weighted by Crippen LogP contribution is -2.15. The number of carbonyl (C=O) groups is 1. The maximum Gasteiger partial charge on any atom is 0.274 e. The van der Waals surface area contributed by atoms with Gasteiger partial charge in [-0.2, -0.15) is 0 Å². The fraction of sp³-hybridized carbons (Fsp3) is 0.150. The third-order valence-corrected chi connectivity index (χ3v) is 4.20. The Balaban J connectivity index is 1.77. The van der Waals surface area contributed by atoms with Gasteiger partial charge < -0.3 is 20.1 Å². The van der Waals surface area contributed by atoms with Gasteiger partial charge in [0, 0.05) is 28.7 Å². The Bertz CT molecular complexity index is 1010. The molecule has 2 N–H and O–H groups in total. The monoisotopic (exact) mass is 398 g/mol. The summed E-state index contributed by atoms with van der Waals surface area (Å²) in [6.45, 7) is 1.92. The van der Waals surface area contributed by atoms with E-state index < -0.39 is 0 Å². The molecule has 3 rings (SSSR count). The highest BCUT2D eigenvalue weighted by Gasteiger charge is 2.12. The molecule has 144 valence electrons. The van der Waals surface area contributed by atoms with E-state index in [-0.39, 0.29) is 11.6 Å². The predicted octanol–water partition coefficient (Wildman–Crippen LogP) is 4.45. The van der Waals surface area contributed by atoms with Crippen molar-refractivity contribution in [2.24, 2.45) is 0 Å². The van der Waals surface area contributed by atoms with Crippen LogP contribution in [0.3, 0.4) is 0 Å². The molecule has 3 aromatic rings. The number of carbonyl (C=O) groups excluding carboxylic acids is 1. The lowest BCUT2D eigenvalue weighted by molar-refractivity contribution is 0.102. The van der Waals surface area contributed by atoms with Gasteiger partial charge in [-0.1, -0.05) is 11.6 Å². The number of hydrogen-bond donors (Lipinski definition) is 2. The second-order valence-electron chi connectivity index (χ2n) is 5.87. The van der Waals surface area contributed by atoms with Gasteiger partial charge in [-0.05, 0) is 48.9 Å². The van der Waals surface area contributed by atoms with Crippen LogP contribution in [0.15, 0.2) is 48.7 Å². The molecule has 2 aromatic carbocycles. The average molecular weight is 399 g/mol. The van der Waals surface area contributed by atoms with Crippen molar-refractivity contribution in [2.75, 3.05) is 24.9 Å². The van der Waals surface area contributed by atoms with Gasteiger partial charge in [0.05, 0.1) is 14.2 Å². The number of aromatic nitrogens is 2. The smallest absolute Gasteiger partial charge is 0.274 e. The summed E-state index contributed by atoms with van der Waals surface area (Å²) in [5, 5.41) is 6.52. The van der Waals surface area contributed by atoms with Crippen molar-refractivity contribution >= 4 is 34.8 Å². The van der Waals surface area contributed by atoms with E-state index in [9.17, 15) is 4.79 Å². The number of aryl methyl sites for hydroxylation is 1. The standard InChI is InChI=1S/C20H19ClN4O3/c1-12-10-13(21)4-6-15(12)24-20-22-9-8-16(25-20)19(26)23-14-5-7-17(27-2)18(11-14)28-3/h4-11H,1-3H3,(H,23,26)(H,22,24,25). The molecule has 0 saturated carbocycles. The minimum absolute atomic E-state index is 0.221. The van der Waals surface area contributed by atoms with Crippen LogP contribution < -0.4 is 20.1 Å². The van der Waals surface area contributed by atoms with Crippen LogP contribution in [0.1, 0.15) is 16.1 Å². The lowest BCUT2D eigenvalue weighted by atomic mass is 10.2. The molecule has 0 spiro atoms. The van der Waals surface area contributed by atoms with Gasteiger partial charge in [-0.15, -0.1) is 0 Å². The molecule has 1 aromatic heterocycles. The van der Waals surface area contributed by atoms with Crippen LogP contribution >= 0.6 is 11.6 Å². The molecule has 0 aliphatic heterocycles. The average Bonchev–Trinajstić information content (AvgIpc) is 2.70. The van der Waals surface area contributed by atoms with Crippen molar-refractivity contribution in [3.8, 4) is 11.5 Å². The molecule has 8 heteroatoms. The van der Waals surface area contributed by atoms with Gasteiger partial charge in [0.1, 0.15) is 5.69 Å². The minimum atomic E-state index is -0.370. The van der Waals surface area contributed by atoms with Crippen LogP contribution in [-0.2, 0) is 0 Å². The van der Waals surface area contributed by atoms with E-state index >= 15 is 0 Å². The summed E-state index contributed by atoms with van der Waals surface area (Å²) in [6, 6.07) is 12.1. The minimum Gasteiger partial charge on any atom is -0.493 e. The van der Waals surface area contributed by atoms with Gasteiger partial charge in [-0.3, -0.25) is 4.79 Å². The summed E-state index contributed by atoms with van der Waals surface area (Å²) < 4.78 is 10.4. The first-order valence-electron chi connectivity index (χ1n) is 8.39. The number of amides is 1. The number of ether oxygens (including phenoxy) is 2. The van der Waals surface area contributed by atoms with E-state index in [1.165, 1.54) is 19.4 Å². The number of rotatable bonds is 6. The van der Waals surface area contributed by atoms with E-state index in [1.54, 1.807) is 31.4 Å². The molecule has 1 amide bonds. The number of halogens is 1. The van der Waals surface area contributed by atoms with E-state index in [0.29, 0.717) is 28.2 Å². The molecule has 0 saturated heterocycles. The van der Waals surface area contributed by atoms with Crippen LogP contribution in [0, 0.1) is 6.92 Å². The number of hydrogen-bond acceptors (Lipinski definition) is 6. The van der Waals surface area contributed by atoms with Gasteiger partial charge >= 0.3 is 0 Å². The molecule has 0 aliphatic carbocycles. The summed E-state index contributed by atoms with van der Waals surface area (Å²) in [5.74, 6) is 1.03. The zero-order valence-electron chi connectivity index (χ0n) is 15.6. The maximum atomic E-state index is 12.6. The Hall–Kier alpha value is -3.32. The molecule has 0 atom stereocenters. The highest BCUT2D eigenvalue weighted by molar-refractivity contribution is 6.30. The van der Waals surface area contributed by atoms with Crippen molar-refractivity contribution in [3.05, 3.63) is 64.9 Å². The van der Waals surface area contributed by atoms with E-state index in [0.717, 1.165) is 11.3 Å². The van der Waals surface area contributed by atoms with Crippen molar-refractivity contribution < 1.29 is 14.3 Å². The largest absolute Gasteiger partial charge is 0.493 e. The van der Waals surface area contributed by atoms with Crippen LogP contribution in [0.5, 0.6) is 11.5 Å². The summed E-state index contributed by atoms with van der Waals surface area (Å²) >= 11 is 5.98. The van der Waals surface area contributed by atoms with Crippen LogP contribution in [0.4, 0.5) is 17.3 Å². The fourth-order valence-electron chi connectivity index (χ4n) is 2.54. The second kappa shape index (κ2) is 8.58. The predicted molar refractivity (Wildman–Crippen MR) is 109 cm³/mol. The summed E-state index contributed by atoms with van der Waals surface area (Å²) in [7, 11) is 3.08. The molecule has 0 fully saturated rings. The van der Waals surface area contributed by atoms with Gasteiger partial charge in [0.2, 0.25) is 5.95 Å². The molecular weight excluding hydrogens is 380 g/mol. The molecule has 0 bridgehead atoms. The van der Waals surface area contributed by atoms with Crippen LogP contribution in [-0.4, -0.2) is 30.1 Å². The normalized spacial score (nSPS) is 10.3. The third kappa shape index (κ3) is 4.50. The Kier molecular flexibility index (Phi) is 5.96. The Labute approximate surface area is 167 Å². The quantitative estimate of drug-likeness (QED) is 0.638. The summed E-state index contributed by atoms with van der Waals surface area (Å²) in [5.41, 5.74) is 2.53. The number of anilines is 3. The topological polar surface area (TPSA) is 85.4 Å².